The molecular weight excluding hydrogens is 452 g/mol. The highest BCUT2D eigenvalue weighted by Gasteiger charge is 2.37. The predicted octanol–water partition coefficient (Wildman–Crippen LogP) is 1.93. The molecular formula is C21H22N4O5S2. The molecule has 0 unspecified atom stereocenters. The molecule has 0 atom stereocenters. The Morgan fingerprint density at radius 3 is 2.59 bits per heavy atom. The van der Waals surface area contributed by atoms with Crippen molar-refractivity contribution in [3.8, 4) is 6.07 Å². The smallest absolute Gasteiger partial charge is 0.340 e. The number of esters is 1. The molecule has 1 saturated heterocycles. The molecule has 0 aliphatic carbocycles. The standard InChI is InChI=1S/C21H22N4O5S2/c1-3-30-21(27)17-9-15(10-22)18(23-20(17)31-2)25-11-16(12-25)19(26)24-32(28,29)13-14-7-5-4-6-8-14/h4-9,16H,3,11-13H2,1-2H3,(H,24,26). The van der Waals surface area contributed by atoms with Crippen molar-refractivity contribution in [3.63, 3.8) is 0 Å². The van der Waals surface area contributed by atoms with E-state index in [4.69, 9.17) is 4.74 Å². The Labute approximate surface area is 190 Å². The van der Waals surface area contributed by atoms with Gasteiger partial charge in [0.1, 0.15) is 16.9 Å². The number of benzene rings is 1. The summed E-state index contributed by atoms with van der Waals surface area (Å²) in [4.78, 5) is 30.7. The molecule has 9 nitrogen and oxygen atoms in total. The van der Waals surface area contributed by atoms with Gasteiger partial charge in [0, 0.05) is 13.1 Å². The topological polar surface area (TPSA) is 129 Å². The fourth-order valence-corrected chi connectivity index (χ4v) is 4.92. The third kappa shape index (κ3) is 5.38. The van der Waals surface area contributed by atoms with Crippen molar-refractivity contribution in [2.45, 2.75) is 17.7 Å². The molecule has 0 bridgehead atoms. The van der Waals surface area contributed by atoms with Crippen molar-refractivity contribution < 1.29 is 22.7 Å². The number of pyridine rings is 1. The highest BCUT2D eigenvalue weighted by atomic mass is 32.2. The van der Waals surface area contributed by atoms with Gasteiger partial charge in [-0.1, -0.05) is 30.3 Å². The zero-order chi connectivity index (χ0) is 23.3. The molecule has 2 heterocycles. The number of nitriles is 1. The first-order chi connectivity index (χ1) is 15.3. The van der Waals surface area contributed by atoms with Gasteiger partial charge < -0.3 is 9.64 Å². The maximum Gasteiger partial charge on any atom is 0.340 e. The maximum atomic E-state index is 12.4. The first kappa shape index (κ1) is 23.6. The van der Waals surface area contributed by atoms with E-state index in [9.17, 15) is 23.3 Å². The minimum atomic E-state index is -3.82. The number of amides is 1. The number of rotatable bonds is 8. The summed E-state index contributed by atoms with van der Waals surface area (Å²) >= 11 is 1.24. The lowest BCUT2D eigenvalue weighted by Crippen LogP contribution is -2.55. The Morgan fingerprint density at radius 1 is 1.31 bits per heavy atom. The number of carbonyl (C=O) groups is 2. The van der Waals surface area contributed by atoms with E-state index < -0.39 is 27.8 Å². The number of nitrogens with zero attached hydrogens (tertiary/aromatic N) is 3. The van der Waals surface area contributed by atoms with Gasteiger partial charge in [0.05, 0.1) is 29.4 Å². The molecule has 2 aromatic rings. The molecule has 168 valence electrons. The zero-order valence-corrected chi connectivity index (χ0v) is 19.2. The second-order valence-corrected chi connectivity index (χ2v) is 9.58. The number of sulfonamides is 1. The number of anilines is 1. The Morgan fingerprint density at radius 2 is 2.00 bits per heavy atom. The average molecular weight is 475 g/mol. The lowest BCUT2D eigenvalue weighted by molar-refractivity contribution is -0.123. The molecule has 0 spiro atoms. The quantitative estimate of drug-likeness (QED) is 0.450. The second-order valence-electron chi connectivity index (χ2n) is 7.06. The van der Waals surface area contributed by atoms with Crippen LogP contribution in [0.25, 0.3) is 0 Å². The minimum Gasteiger partial charge on any atom is -0.462 e. The highest BCUT2D eigenvalue weighted by Crippen LogP contribution is 2.31. The molecule has 32 heavy (non-hydrogen) atoms. The van der Waals surface area contributed by atoms with E-state index >= 15 is 0 Å². The third-order valence-electron chi connectivity index (χ3n) is 4.78. The molecule has 1 amide bonds. The van der Waals surface area contributed by atoms with Crippen LogP contribution in [0.5, 0.6) is 0 Å². The summed E-state index contributed by atoms with van der Waals surface area (Å²) in [6.45, 7) is 2.31. The van der Waals surface area contributed by atoms with Crippen LogP contribution in [-0.2, 0) is 25.3 Å². The summed E-state index contributed by atoms with van der Waals surface area (Å²) in [5, 5.41) is 9.93. The Hall–Kier alpha value is -3.10. The molecule has 3 rings (SSSR count). The summed E-state index contributed by atoms with van der Waals surface area (Å²) in [7, 11) is -3.82. The average Bonchev–Trinajstić information content (AvgIpc) is 2.72. The predicted molar refractivity (Wildman–Crippen MR) is 120 cm³/mol. The van der Waals surface area contributed by atoms with Gasteiger partial charge >= 0.3 is 5.97 Å². The number of thioether (sulfide) groups is 1. The molecule has 1 aliphatic heterocycles. The zero-order valence-electron chi connectivity index (χ0n) is 17.6. The summed E-state index contributed by atoms with van der Waals surface area (Å²) in [5.41, 5.74) is 0.972. The van der Waals surface area contributed by atoms with Crippen LogP contribution < -0.4 is 9.62 Å². The van der Waals surface area contributed by atoms with Gasteiger partial charge in [-0.3, -0.25) is 9.52 Å². The third-order valence-corrected chi connectivity index (χ3v) is 6.71. The van der Waals surface area contributed by atoms with Gasteiger partial charge in [-0.2, -0.15) is 5.26 Å². The van der Waals surface area contributed by atoms with Crippen LogP contribution in [0.15, 0.2) is 41.4 Å². The first-order valence-electron chi connectivity index (χ1n) is 9.77. The lowest BCUT2D eigenvalue weighted by atomic mass is 9.99. The molecule has 1 N–H and O–H groups in total. The summed E-state index contributed by atoms with van der Waals surface area (Å²) in [6.07, 6.45) is 1.75. The molecule has 1 aliphatic rings. The Balaban J connectivity index is 1.68. The highest BCUT2D eigenvalue weighted by molar-refractivity contribution is 7.98. The molecule has 1 aromatic carbocycles. The van der Waals surface area contributed by atoms with Crippen molar-refractivity contribution in [2.75, 3.05) is 30.9 Å². The number of carbonyl (C=O) groups excluding carboxylic acids is 2. The van der Waals surface area contributed by atoms with Gasteiger partial charge in [0.2, 0.25) is 15.9 Å². The van der Waals surface area contributed by atoms with Crippen molar-refractivity contribution in [2.24, 2.45) is 5.92 Å². The van der Waals surface area contributed by atoms with E-state index in [0.717, 1.165) is 0 Å². The largest absolute Gasteiger partial charge is 0.462 e. The van der Waals surface area contributed by atoms with Crippen LogP contribution in [0, 0.1) is 17.2 Å². The molecule has 1 fully saturated rings. The van der Waals surface area contributed by atoms with Gasteiger partial charge in [-0.15, -0.1) is 11.8 Å². The maximum absolute atomic E-state index is 12.4. The van der Waals surface area contributed by atoms with Crippen LogP contribution >= 0.6 is 11.8 Å². The fourth-order valence-electron chi connectivity index (χ4n) is 3.20. The van der Waals surface area contributed by atoms with Crippen LogP contribution in [0.3, 0.4) is 0 Å². The Bertz CT molecular complexity index is 1160. The minimum absolute atomic E-state index is 0.182. The van der Waals surface area contributed by atoms with Gasteiger partial charge in [0.15, 0.2) is 0 Å². The molecule has 0 saturated carbocycles. The van der Waals surface area contributed by atoms with Crippen molar-refractivity contribution in [3.05, 3.63) is 53.1 Å². The molecule has 0 radical (unpaired) electrons. The number of hydrogen-bond donors (Lipinski definition) is 1. The van der Waals surface area contributed by atoms with Crippen LogP contribution in [0.2, 0.25) is 0 Å². The summed E-state index contributed by atoms with van der Waals surface area (Å²) < 4.78 is 31.7. The van der Waals surface area contributed by atoms with Crippen LogP contribution in [0.1, 0.15) is 28.4 Å². The van der Waals surface area contributed by atoms with E-state index in [1.165, 1.54) is 17.8 Å². The monoisotopic (exact) mass is 474 g/mol. The summed E-state index contributed by atoms with van der Waals surface area (Å²) in [5.74, 6) is -1.65. The number of aromatic nitrogens is 1. The van der Waals surface area contributed by atoms with E-state index in [1.54, 1.807) is 48.4 Å². The molecule has 11 heteroatoms. The van der Waals surface area contributed by atoms with E-state index in [2.05, 4.69) is 9.71 Å². The Kier molecular flexibility index (Phi) is 7.37. The van der Waals surface area contributed by atoms with E-state index in [0.29, 0.717) is 16.4 Å². The van der Waals surface area contributed by atoms with Crippen molar-refractivity contribution in [1.29, 1.82) is 5.26 Å². The van der Waals surface area contributed by atoms with Crippen LogP contribution in [-0.4, -0.2) is 51.2 Å². The number of nitrogens with one attached hydrogen (secondary N) is 1. The number of ether oxygens (including phenoxy) is 1. The number of hydrogen-bond acceptors (Lipinski definition) is 9. The van der Waals surface area contributed by atoms with Gasteiger partial charge in [0.25, 0.3) is 0 Å². The van der Waals surface area contributed by atoms with E-state index in [1.807, 2.05) is 6.07 Å². The second kappa shape index (κ2) is 10.0. The van der Waals surface area contributed by atoms with Crippen molar-refractivity contribution in [1.82, 2.24) is 9.71 Å². The first-order valence-corrected chi connectivity index (χ1v) is 12.6. The van der Waals surface area contributed by atoms with Gasteiger partial charge in [-0.05, 0) is 24.8 Å². The van der Waals surface area contributed by atoms with Crippen molar-refractivity contribution >= 4 is 39.5 Å². The van der Waals surface area contributed by atoms with E-state index in [-0.39, 0.29) is 36.6 Å². The summed E-state index contributed by atoms with van der Waals surface area (Å²) in [6, 6.07) is 12.0. The SMILES string of the molecule is CCOC(=O)c1cc(C#N)c(N2CC(C(=O)NS(=O)(=O)Cc3ccccc3)C2)nc1SC. The molecule has 1 aromatic heterocycles. The normalized spacial score (nSPS) is 13.7. The van der Waals surface area contributed by atoms with Crippen LogP contribution in [0.4, 0.5) is 5.82 Å². The fraction of sp³-hybridized carbons (Fsp3) is 0.333. The van der Waals surface area contributed by atoms with Gasteiger partial charge in [-0.25, -0.2) is 18.2 Å². The lowest BCUT2D eigenvalue weighted by Gasteiger charge is -2.39.